The van der Waals surface area contributed by atoms with E-state index in [1.54, 1.807) is 7.11 Å². The van der Waals surface area contributed by atoms with Gasteiger partial charge in [-0.1, -0.05) is 36.4 Å². The molecule has 2 aromatic carbocycles. The van der Waals surface area contributed by atoms with Crippen molar-refractivity contribution in [3.63, 3.8) is 0 Å². The highest BCUT2D eigenvalue weighted by Crippen LogP contribution is 2.27. The zero-order valence-corrected chi connectivity index (χ0v) is 14.2. The molecule has 2 rings (SSSR count). The fraction of sp³-hybridized carbons (Fsp3) is 0.333. The average Bonchev–Trinajstić information content (AvgIpc) is 2.49. The van der Waals surface area contributed by atoms with Gasteiger partial charge in [0.05, 0.1) is 11.6 Å². The summed E-state index contributed by atoms with van der Waals surface area (Å²) in [7, 11) is 3.71. The molecule has 0 aromatic heterocycles. The van der Waals surface area contributed by atoms with E-state index in [1.165, 1.54) is 11.1 Å². The minimum absolute atomic E-state index is 0.581. The second kappa shape index (κ2) is 8.20. The van der Waals surface area contributed by atoms with Gasteiger partial charge in [-0.05, 0) is 71.5 Å². The number of ether oxygens (including phenoxy) is 1. The Hall–Kier alpha value is -1.32. The standard InChI is InChI=1S/C18H22BrNO/c1-20-13-16(10-14-6-4-3-5-7-14)11-15-8-9-18(21-2)17(19)12-15/h3-9,12,16,20H,10-11,13H2,1-2H3. The smallest absolute Gasteiger partial charge is 0.133 e. The molecule has 3 heteroatoms. The predicted octanol–water partition coefficient (Wildman–Crippen LogP) is 4.08. The molecule has 0 radical (unpaired) electrons. The molecule has 2 nitrogen and oxygen atoms in total. The van der Waals surface area contributed by atoms with Crippen molar-refractivity contribution in [2.24, 2.45) is 5.92 Å². The number of methoxy groups -OCH3 is 1. The Morgan fingerprint density at radius 3 is 2.38 bits per heavy atom. The lowest BCUT2D eigenvalue weighted by Crippen LogP contribution is -2.22. The molecule has 1 N–H and O–H groups in total. The first kappa shape index (κ1) is 16.1. The minimum Gasteiger partial charge on any atom is -0.496 e. The monoisotopic (exact) mass is 347 g/mol. The van der Waals surface area contributed by atoms with E-state index in [0.717, 1.165) is 29.6 Å². The molecular weight excluding hydrogens is 326 g/mol. The summed E-state index contributed by atoms with van der Waals surface area (Å²) in [4.78, 5) is 0. The molecule has 0 fully saturated rings. The maximum Gasteiger partial charge on any atom is 0.133 e. The summed E-state index contributed by atoms with van der Waals surface area (Å²) in [6.07, 6.45) is 2.14. The maximum absolute atomic E-state index is 5.29. The second-order valence-corrected chi connectivity index (χ2v) is 6.14. The minimum atomic E-state index is 0.581. The van der Waals surface area contributed by atoms with Crippen LogP contribution in [-0.2, 0) is 12.8 Å². The third-order valence-corrected chi connectivity index (χ3v) is 4.22. The Morgan fingerprint density at radius 1 is 1.05 bits per heavy atom. The van der Waals surface area contributed by atoms with Crippen molar-refractivity contribution in [1.82, 2.24) is 5.32 Å². The number of nitrogens with one attached hydrogen (secondary N) is 1. The topological polar surface area (TPSA) is 21.3 Å². The SMILES string of the molecule is CNCC(Cc1ccccc1)Cc1ccc(OC)c(Br)c1. The van der Waals surface area contributed by atoms with Crippen LogP contribution in [0.5, 0.6) is 5.75 Å². The van der Waals surface area contributed by atoms with Crippen LogP contribution in [0.25, 0.3) is 0 Å². The Morgan fingerprint density at radius 2 is 1.76 bits per heavy atom. The highest BCUT2D eigenvalue weighted by Gasteiger charge is 2.11. The summed E-state index contributed by atoms with van der Waals surface area (Å²) >= 11 is 3.56. The lowest BCUT2D eigenvalue weighted by Gasteiger charge is -2.17. The number of hydrogen-bond donors (Lipinski definition) is 1. The molecule has 0 saturated carbocycles. The molecule has 0 aliphatic heterocycles. The molecule has 0 amide bonds. The van der Waals surface area contributed by atoms with Crippen molar-refractivity contribution < 1.29 is 4.74 Å². The molecule has 0 spiro atoms. The van der Waals surface area contributed by atoms with Crippen LogP contribution >= 0.6 is 15.9 Å². The summed E-state index contributed by atoms with van der Waals surface area (Å²) in [6.45, 7) is 1.01. The highest BCUT2D eigenvalue weighted by atomic mass is 79.9. The van der Waals surface area contributed by atoms with Crippen molar-refractivity contribution in [3.8, 4) is 5.75 Å². The molecule has 0 heterocycles. The lowest BCUT2D eigenvalue weighted by molar-refractivity contribution is 0.411. The molecule has 0 aliphatic carbocycles. The van der Waals surface area contributed by atoms with E-state index in [9.17, 15) is 0 Å². The highest BCUT2D eigenvalue weighted by molar-refractivity contribution is 9.10. The van der Waals surface area contributed by atoms with Crippen LogP contribution in [-0.4, -0.2) is 20.7 Å². The van der Waals surface area contributed by atoms with E-state index in [4.69, 9.17) is 4.74 Å². The van der Waals surface area contributed by atoms with Crippen molar-refractivity contribution in [2.75, 3.05) is 20.7 Å². The van der Waals surface area contributed by atoms with E-state index >= 15 is 0 Å². The lowest BCUT2D eigenvalue weighted by atomic mass is 9.92. The fourth-order valence-electron chi connectivity index (χ4n) is 2.62. The molecule has 1 unspecified atom stereocenters. The summed E-state index contributed by atoms with van der Waals surface area (Å²) in [5.41, 5.74) is 2.73. The van der Waals surface area contributed by atoms with Crippen molar-refractivity contribution in [1.29, 1.82) is 0 Å². The Kier molecular flexibility index (Phi) is 6.27. The third kappa shape index (κ3) is 4.87. The van der Waals surface area contributed by atoms with Gasteiger partial charge in [0, 0.05) is 0 Å². The molecule has 0 aliphatic rings. The van der Waals surface area contributed by atoms with Gasteiger partial charge in [0.1, 0.15) is 5.75 Å². The van der Waals surface area contributed by atoms with Crippen LogP contribution in [0.2, 0.25) is 0 Å². The average molecular weight is 348 g/mol. The van der Waals surface area contributed by atoms with Gasteiger partial charge >= 0.3 is 0 Å². The first-order chi connectivity index (χ1) is 10.2. The number of hydrogen-bond acceptors (Lipinski definition) is 2. The Labute approximate surface area is 135 Å². The molecular formula is C18H22BrNO. The van der Waals surface area contributed by atoms with E-state index in [0.29, 0.717) is 5.92 Å². The molecule has 0 bridgehead atoms. The zero-order valence-electron chi connectivity index (χ0n) is 12.6. The maximum atomic E-state index is 5.29. The van der Waals surface area contributed by atoms with Crippen LogP contribution in [0, 0.1) is 5.92 Å². The molecule has 0 saturated heterocycles. The zero-order chi connectivity index (χ0) is 15.1. The van der Waals surface area contributed by atoms with Gasteiger partial charge in [-0.3, -0.25) is 0 Å². The van der Waals surface area contributed by atoms with Gasteiger partial charge in [-0.2, -0.15) is 0 Å². The van der Waals surface area contributed by atoms with Crippen molar-refractivity contribution >= 4 is 15.9 Å². The quantitative estimate of drug-likeness (QED) is 0.814. The molecule has 112 valence electrons. The third-order valence-electron chi connectivity index (χ3n) is 3.60. The van der Waals surface area contributed by atoms with E-state index < -0.39 is 0 Å². The van der Waals surface area contributed by atoms with Gasteiger partial charge < -0.3 is 10.1 Å². The second-order valence-electron chi connectivity index (χ2n) is 5.29. The van der Waals surface area contributed by atoms with E-state index in [-0.39, 0.29) is 0 Å². The van der Waals surface area contributed by atoms with Gasteiger partial charge in [-0.25, -0.2) is 0 Å². The van der Waals surface area contributed by atoms with Crippen molar-refractivity contribution in [2.45, 2.75) is 12.8 Å². The first-order valence-electron chi connectivity index (χ1n) is 7.24. The molecule has 21 heavy (non-hydrogen) atoms. The van der Waals surface area contributed by atoms with Gasteiger partial charge in [0.15, 0.2) is 0 Å². The normalized spacial score (nSPS) is 12.1. The van der Waals surface area contributed by atoms with Crippen LogP contribution in [0.3, 0.4) is 0 Å². The fourth-order valence-corrected chi connectivity index (χ4v) is 3.21. The van der Waals surface area contributed by atoms with Gasteiger partial charge in [0.2, 0.25) is 0 Å². The predicted molar refractivity (Wildman–Crippen MR) is 92.0 cm³/mol. The van der Waals surface area contributed by atoms with Crippen LogP contribution < -0.4 is 10.1 Å². The van der Waals surface area contributed by atoms with Crippen LogP contribution in [0.15, 0.2) is 53.0 Å². The Balaban J connectivity index is 2.07. The number of rotatable bonds is 7. The van der Waals surface area contributed by atoms with Gasteiger partial charge in [-0.15, -0.1) is 0 Å². The summed E-state index contributed by atoms with van der Waals surface area (Å²) in [5.74, 6) is 1.46. The largest absolute Gasteiger partial charge is 0.496 e. The number of halogens is 1. The summed E-state index contributed by atoms with van der Waals surface area (Å²) < 4.78 is 6.31. The van der Waals surface area contributed by atoms with Crippen LogP contribution in [0.1, 0.15) is 11.1 Å². The number of benzene rings is 2. The first-order valence-corrected chi connectivity index (χ1v) is 8.03. The van der Waals surface area contributed by atoms with Crippen molar-refractivity contribution in [3.05, 3.63) is 64.1 Å². The molecule has 1 atom stereocenters. The molecule has 2 aromatic rings. The van der Waals surface area contributed by atoms with E-state index in [1.807, 2.05) is 13.1 Å². The van der Waals surface area contributed by atoms with Gasteiger partial charge in [0.25, 0.3) is 0 Å². The van der Waals surface area contributed by atoms with Crippen LogP contribution in [0.4, 0.5) is 0 Å². The van der Waals surface area contributed by atoms with E-state index in [2.05, 4.69) is 63.7 Å². The summed E-state index contributed by atoms with van der Waals surface area (Å²) in [5, 5.41) is 3.31. The Bertz CT molecular complexity index is 556. The summed E-state index contributed by atoms with van der Waals surface area (Å²) in [6, 6.07) is 17.0.